The lowest BCUT2D eigenvalue weighted by Gasteiger charge is -2.14. The van der Waals surface area contributed by atoms with Crippen LogP contribution < -0.4 is 15.4 Å². The third-order valence-corrected chi connectivity index (χ3v) is 4.69. The second-order valence-corrected chi connectivity index (χ2v) is 7.13. The van der Waals surface area contributed by atoms with Gasteiger partial charge in [-0.15, -0.1) is 0 Å². The van der Waals surface area contributed by atoms with Crippen molar-refractivity contribution in [2.75, 3.05) is 24.4 Å². The van der Waals surface area contributed by atoms with E-state index in [1.807, 2.05) is 0 Å². The van der Waals surface area contributed by atoms with Crippen LogP contribution in [0.5, 0.6) is 5.75 Å². The van der Waals surface area contributed by atoms with Gasteiger partial charge in [-0.25, -0.2) is 9.48 Å². The quantitative estimate of drug-likeness (QED) is 0.478. The van der Waals surface area contributed by atoms with Crippen LogP contribution in [-0.4, -0.2) is 41.3 Å². The van der Waals surface area contributed by atoms with Gasteiger partial charge in [0, 0.05) is 18.6 Å². The molecule has 0 spiro atoms. The second kappa shape index (κ2) is 10.3. The summed E-state index contributed by atoms with van der Waals surface area (Å²) in [7, 11) is 1.44. The first-order valence-corrected chi connectivity index (χ1v) is 10.2. The van der Waals surface area contributed by atoms with Crippen LogP contribution >= 0.6 is 0 Å². The van der Waals surface area contributed by atoms with Gasteiger partial charge in [0.1, 0.15) is 11.3 Å². The number of amides is 2. The van der Waals surface area contributed by atoms with Gasteiger partial charge in [-0.3, -0.25) is 9.59 Å². The molecule has 3 rings (SSSR count). The predicted molar refractivity (Wildman–Crippen MR) is 120 cm³/mol. The number of hydrogen-bond donors (Lipinski definition) is 2. The molecule has 2 N–H and O–H groups in total. The summed E-state index contributed by atoms with van der Waals surface area (Å²) < 4.78 is 51.5. The Balaban J connectivity index is 1.90. The third-order valence-electron chi connectivity index (χ3n) is 4.69. The van der Waals surface area contributed by atoms with E-state index in [0.717, 1.165) is 6.20 Å². The fraction of sp³-hybridized carbons (Fsp3) is 0.217. The summed E-state index contributed by atoms with van der Waals surface area (Å²) in [5.74, 6) is -1.65. The fourth-order valence-electron chi connectivity index (χ4n) is 3.18. The largest absolute Gasteiger partial charge is 0.497 e. The summed E-state index contributed by atoms with van der Waals surface area (Å²) in [5.41, 5.74) is -1.31. The van der Waals surface area contributed by atoms with Gasteiger partial charge in [-0.1, -0.05) is 0 Å². The highest BCUT2D eigenvalue weighted by Gasteiger charge is 2.41. The Morgan fingerprint density at radius 3 is 2.29 bits per heavy atom. The van der Waals surface area contributed by atoms with Crippen LogP contribution in [0.3, 0.4) is 0 Å². The molecule has 12 heteroatoms. The topological polar surface area (TPSA) is 112 Å². The number of aromatic nitrogens is 2. The van der Waals surface area contributed by atoms with Crippen molar-refractivity contribution in [3.05, 3.63) is 65.5 Å². The molecular weight excluding hydrogens is 469 g/mol. The molecule has 2 aromatic carbocycles. The number of carbonyl (C=O) groups is 3. The molecular formula is C23H21F3N4O5. The van der Waals surface area contributed by atoms with Gasteiger partial charge in [-0.2, -0.15) is 18.3 Å². The van der Waals surface area contributed by atoms with Crippen molar-refractivity contribution in [3.8, 4) is 11.4 Å². The number of esters is 1. The first-order chi connectivity index (χ1) is 16.5. The minimum absolute atomic E-state index is 0.0234. The summed E-state index contributed by atoms with van der Waals surface area (Å²) in [6.07, 6.45) is -4.10. The maximum atomic E-state index is 13.7. The Hall–Kier alpha value is -4.35. The number of rotatable bonds is 7. The molecule has 0 aliphatic heterocycles. The maximum absolute atomic E-state index is 13.7. The number of halogens is 3. The van der Waals surface area contributed by atoms with E-state index >= 15 is 0 Å². The van der Waals surface area contributed by atoms with Gasteiger partial charge < -0.3 is 20.1 Å². The highest BCUT2D eigenvalue weighted by molar-refractivity contribution is 6.07. The SMILES string of the molecule is CCOC(=O)c1cnn(-c2ccc(C(=O)Nc3cc(OC)ccc3NC(C)=O)cc2)c1C(F)(F)F. The van der Waals surface area contributed by atoms with Crippen molar-refractivity contribution in [1.82, 2.24) is 9.78 Å². The monoisotopic (exact) mass is 490 g/mol. The molecule has 0 fully saturated rings. The Bertz CT molecular complexity index is 1250. The first kappa shape index (κ1) is 25.3. The van der Waals surface area contributed by atoms with Gasteiger partial charge in [0.25, 0.3) is 5.91 Å². The van der Waals surface area contributed by atoms with Crippen molar-refractivity contribution in [1.29, 1.82) is 0 Å². The van der Waals surface area contributed by atoms with E-state index in [9.17, 15) is 27.6 Å². The molecule has 184 valence electrons. The predicted octanol–water partition coefficient (Wildman–Crippen LogP) is 4.29. The zero-order chi connectivity index (χ0) is 25.8. The summed E-state index contributed by atoms with van der Waals surface area (Å²) >= 11 is 0. The van der Waals surface area contributed by atoms with E-state index in [1.54, 1.807) is 12.1 Å². The van der Waals surface area contributed by atoms with Crippen molar-refractivity contribution < 1.29 is 37.0 Å². The van der Waals surface area contributed by atoms with Crippen molar-refractivity contribution in [2.45, 2.75) is 20.0 Å². The molecule has 3 aromatic rings. The summed E-state index contributed by atoms with van der Waals surface area (Å²) in [5, 5.41) is 8.92. The molecule has 0 saturated heterocycles. The Morgan fingerprint density at radius 2 is 1.71 bits per heavy atom. The molecule has 9 nitrogen and oxygen atoms in total. The lowest BCUT2D eigenvalue weighted by molar-refractivity contribution is -0.143. The first-order valence-electron chi connectivity index (χ1n) is 10.2. The number of nitrogens with one attached hydrogen (secondary N) is 2. The zero-order valence-electron chi connectivity index (χ0n) is 18.9. The number of benzene rings is 2. The summed E-state index contributed by atoms with van der Waals surface area (Å²) in [6, 6.07) is 9.77. The summed E-state index contributed by atoms with van der Waals surface area (Å²) in [4.78, 5) is 36.2. The van der Waals surface area contributed by atoms with E-state index in [1.165, 1.54) is 51.3 Å². The van der Waals surface area contributed by atoms with Crippen LogP contribution in [0.2, 0.25) is 0 Å². The maximum Gasteiger partial charge on any atom is 0.434 e. The molecule has 0 aliphatic carbocycles. The Morgan fingerprint density at radius 1 is 1.03 bits per heavy atom. The number of nitrogens with zero attached hydrogens (tertiary/aromatic N) is 2. The van der Waals surface area contributed by atoms with Gasteiger partial charge in [0.2, 0.25) is 5.91 Å². The Labute approximate surface area is 197 Å². The highest BCUT2D eigenvalue weighted by Crippen LogP contribution is 2.34. The van der Waals surface area contributed by atoms with E-state index < -0.39 is 29.3 Å². The van der Waals surface area contributed by atoms with Gasteiger partial charge in [0.05, 0.1) is 37.0 Å². The normalized spacial score (nSPS) is 11.0. The van der Waals surface area contributed by atoms with Gasteiger partial charge in [0.15, 0.2) is 5.69 Å². The fourth-order valence-corrected chi connectivity index (χ4v) is 3.18. The number of alkyl halides is 3. The van der Waals surface area contributed by atoms with Gasteiger partial charge in [-0.05, 0) is 43.3 Å². The van der Waals surface area contributed by atoms with Crippen LogP contribution in [0.25, 0.3) is 5.69 Å². The van der Waals surface area contributed by atoms with Crippen molar-refractivity contribution >= 4 is 29.2 Å². The lowest BCUT2D eigenvalue weighted by atomic mass is 10.1. The molecule has 0 bridgehead atoms. The molecule has 0 radical (unpaired) electrons. The van der Waals surface area contributed by atoms with Crippen molar-refractivity contribution in [2.24, 2.45) is 0 Å². The lowest BCUT2D eigenvalue weighted by Crippen LogP contribution is -2.19. The zero-order valence-corrected chi connectivity index (χ0v) is 18.9. The minimum Gasteiger partial charge on any atom is -0.497 e. The molecule has 1 aromatic heterocycles. The number of anilines is 2. The van der Waals surface area contributed by atoms with Gasteiger partial charge >= 0.3 is 12.1 Å². The second-order valence-electron chi connectivity index (χ2n) is 7.13. The summed E-state index contributed by atoms with van der Waals surface area (Å²) in [6.45, 7) is 2.69. The molecule has 35 heavy (non-hydrogen) atoms. The van der Waals surface area contributed by atoms with E-state index in [0.29, 0.717) is 16.1 Å². The van der Waals surface area contributed by atoms with Crippen molar-refractivity contribution in [3.63, 3.8) is 0 Å². The van der Waals surface area contributed by atoms with Crippen LogP contribution in [0.15, 0.2) is 48.7 Å². The molecule has 2 amide bonds. The average Bonchev–Trinajstić information content (AvgIpc) is 3.26. The minimum atomic E-state index is -4.89. The van der Waals surface area contributed by atoms with Crippen LogP contribution in [0.1, 0.15) is 40.3 Å². The molecule has 1 heterocycles. The molecule has 0 atom stereocenters. The molecule has 0 unspecified atom stereocenters. The smallest absolute Gasteiger partial charge is 0.434 e. The standard InChI is InChI=1S/C23H21F3N4O5/c1-4-35-22(33)17-12-27-30(20(17)23(24,25)26)15-7-5-14(6-8-15)21(32)29-19-11-16(34-3)9-10-18(19)28-13(2)31/h5-12H,4H2,1-3H3,(H,28,31)(H,29,32). The number of carbonyl (C=O) groups excluding carboxylic acids is 3. The third kappa shape index (κ3) is 5.78. The van der Waals surface area contributed by atoms with Crippen LogP contribution in [0.4, 0.5) is 24.5 Å². The average molecular weight is 490 g/mol. The number of hydrogen-bond acceptors (Lipinski definition) is 6. The number of ether oxygens (including phenoxy) is 2. The number of methoxy groups -OCH3 is 1. The van der Waals surface area contributed by atoms with Crippen LogP contribution in [0, 0.1) is 0 Å². The highest BCUT2D eigenvalue weighted by atomic mass is 19.4. The Kier molecular flexibility index (Phi) is 7.43. The van der Waals surface area contributed by atoms with E-state index in [4.69, 9.17) is 4.74 Å². The van der Waals surface area contributed by atoms with E-state index in [-0.39, 0.29) is 29.5 Å². The van der Waals surface area contributed by atoms with Crippen LogP contribution in [-0.2, 0) is 15.7 Å². The molecule has 0 aliphatic rings. The molecule has 0 saturated carbocycles. The van der Waals surface area contributed by atoms with E-state index in [2.05, 4.69) is 20.5 Å².